The molecule has 3 aliphatic carbocycles. The summed E-state index contributed by atoms with van der Waals surface area (Å²) in [7, 11) is 7.13. The summed E-state index contributed by atoms with van der Waals surface area (Å²) in [5.41, 5.74) is 1.77. The maximum atomic E-state index is 15.0. The molecule has 0 amide bonds. The van der Waals surface area contributed by atoms with Crippen LogP contribution in [-0.2, 0) is 47.5 Å². The number of likely N-dealkylation sites (N-methyl/N-ethyl adjacent to an activating group) is 1. The number of carbonyl (C=O) groups excluding carboxylic acids is 2. The van der Waals surface area contributed by atoms with Crippen molar-refractivity contribution < 1.29 is 47.5 Å². The second kappa shape index (κ2) is 18.4. The standard InChI is InChI=1S/C44H68N2O10S/c1-11-26-14-13-15-34(56-36-17-16-33(23(4)52-36)46(7)12-2)22(3)39(48)31-20-29-28-18-27(55-44-42(51-10)41(50-9)40(49-8)24(5)53-44)19-32(28)43-38(45-25(6)57-43)37(29)30(31)21-35(47)54-26/h20,22-24,26-30,32-34,36-37,40-42,44H,11-19,21H2,1-10H3/t22-,23?,24?,26+,27+,28+,29+,30-,32-,33+,34+,36+,37-,40+,41?,42+,44+/m1/s1. The second-order valence-corrected chi connectivity index (χ2v) is 18.8. The molecule has 12 nitrogen and oxygen atoms in total. The van der Waals surface area contributed by atoms with E-state index in [9.17, 15) is 4.79 Å². The fraction of sp³-hybridized carbons (Fsp3) is 0.841. The molecule has 6 aliphatic rings. The number of cyclic esters (lactones) is 1. The third kappa shape index (κ3) is 8.58. The number of Topliss-reactive ketones (excluding diaryl/α,β-unsaturated/α-hetero) is 1. The minimum Gasteiger partial charge on any atom is -0.462 e. The molecule has 1 saturated carbocycles. The van der Waals surface area contributed by atoms with Crippen LogP contribution >= 0.6 is 11.3 Å². The van der Waals surface area contributed by atoms with E-state index in [0.717, 1.165) is 67.8 Å². The summed E-state index contributed by atoms with van der Waals surface area (Å²) in [5.74, 6) is -0.563. The van der Waals surface area contributed by atoms with E-state index in [2.05, 4.69) is 45.7 Å². The number of esters is 1. The predicted octanol–water partition coefficient (Wildman–Crippen LogP) is 6.72. The van der Waals surface area contributed by atoms with E-state index in [1.165, 1.54) is 4.88 Å². The summed E-state index contributed by atoms with van der Waals surface area (Å²) in [4.78, 5) is 37.6. The van der Waals surface area contributed by atoms with Gasteiger partial charge in [-0.2, -0.15) is 0 Å². The van der Waals surface area contributed by atoms with Crippen LogP contribution in [0.1, 0.15) is 120 Å². The van der Waals surface area contributed by atoms with Crippen molar-refractivity contribution in [2.24, 2.45) is 23.7 Å². The molecule has 1 aromatic heterocycles. The van der Waals surface area contributed by atoms with Gasteiger partial charge in [0.2, 0.25) is 0 Å². The summed E-state index contributed by atoms with van der Waals surface area (Å²) in [6.45, 7) is 13.4. The second-order valence-electron chi connectivity index (χ2n) is 17.6. The van der Waals surface area contributed by atoms with Gasteiger partial charge >= 0.3 is 5.97 Å². The number of fused-ring (bicyclic) bond motifs is 8. The van der Waals surface area contributed by atoms with Gasteiger partial charge < -0.3 is 42.8 Å². The molecule has 7 rings (SSSR count). The average molecular weight is 817 g/mol. The largest absolute Gasteiger partial charge is 0.462 e. The van der Waals surface area contributed by atoms with Gasteiger partial charge in [0, 0.05) is 55.9 Å². The number of aromatic nitrogens is 1. The van der Waals surface area contributed by atoms with Crippen LogP contribution in [0.15, 0.2) is 11.6 Å². The number of ether oxygens (including phenoxy) is 8. The van der Waals surface area contributed by atoms with E-state index < -0.39 is 18.3 Å². The van der Waals surface area contributed by atoms with Crippen LogP contribution in [0.3, 0.4) is 0 Å². The lowest BCUT2D eigenvalue weighted by Gasteiger charge is -2.44. The smallest absolute Gasteiger partial charge is 0.306 e. The molecule has 13 heteroatoms. The number of ketones is 1. The molecule has 4 heterocycles. The first-order chi connectivity index (χ1) is 27.4. The molecular formula is C44H68N2O10S. The van der Waals surface area contributed by atoms with Gasteiger partial charge in [0.25, 0.3) is 0 Å². The van der Waals surface area contributed by atoms with Gasteiger partial charge in [-0.25, -0.2) is 4.98 Å². The molecule has 0 N–H and O–H groups in total. The summed E-state index contributed by atoms with van der Waals surface area (Å²) in [6.07, 6.45) is 5.78. The van der Waals surface area contributed by atoms with Crippen LogP contribution in [-0.4, -0.2) is 124 Å². The summed E-state index contributed by atoms with van der Waals surface area (Å²) in [5, 5.41) is 0.999. The lowest BCUT2D eigenvalue weighted by Crippen LogP contribution is -2.59. The monoisotopic (exact) mass is 816 g/mol. The maximum Gasteiger partial charge on any atom is 0.306 e. The van der Waals surface area contributed by atoms with Crippen LogP contribution in [0, 0.1) is 30.6 Å². The van der Waals surface area contributed by atoms with Crippen LogP contribution in [0.5, 0.6) is 0 Å². The molecule has 17 atom stereocenters. The number of aryl methyl sites for hydroxylation is 1. The molecule has 0 spiro atoms. The van der Waals surface area contributed by atoms with E-state index in [4.69, 9.17) is 42.9 Å². The highest BCUT2D eigenvalue weighted by Crippen LogP contribution is 2.62. The molecule has 3 saturated heterocycles. The van der Waals surface area contributed by atoms with Crippen molar-refractivity contribution in [2.45, 2.75) is 179 Å². The van der Waals surface area contributed by atoms with Gasteiger partial charge in [-0.1, -0.05) is 26.8 Å². The molecule has 4 fully saturated rings. The number of nitrogens with zero attached hydrogens (tertiary/aromatic N) is 2. The Morgan fingerprint density at radius 1 is 0.895 bits per heavy atom. The van der Waals surface area contributed by atoms with E-state index in [1.54, 1.807) is 32.7 Å². The van der Waals surface area contributed by atoms with Crippen molar-refractivity contribution in [3.8, 4) is 0 Å². The van der Waals surface area contributed by atoms with Crippen molar-refractivity contribution in [1.29, 1.82) is 0 Å². The number of carbonyl (C=O) groups is 2. The van der Waals surface area contributed by atoms with Crippen LogP contribution in [0.2, 0.25) is 0 Å². The average Bonchev–Trinajstić information content (AvgIpc) is 3.90. The Morgan fingerprint density at radius 2 is 1.65 bits per heavy atom. The van der Waals surface area contributed by atoms with Crippen LogP contribution in [0.4, 0.5) is 0 Å². The van der Waals surface area contributed by atoms with Crippen molar-refractivity contribution in [2.75, 3.05) is 34.9 Å². The minimum atomic E-state index is -0.628. The number of methoxy groups -OCH3 is 3. The third-order valence-electron chi connectivity index (χ3n) is 14.4. The Bertz CT molecular complexity index is 1590. The lowest BCUT2D eigenvalue weighted by atomic mass is 9.67. The molecule has 1 aromatic rings. The van der Waals surface area contributed by atoms with Crippen molar-refractivity contribution in [3.63, 3.8) is 0 Å². The fourth-order valence-electron chi connectivity index (χ4n) is 11.3. The first kappa shape index (κ1) is 43.3. The Labute approximate surface area is 344 Å². The summed E-state index contributed by atoms with van der Waals surface area (Å²) >= 11 is 1.75. The highest BCUT2D eigenvalue weighted by molar-refractivity contribution is 7.11. The van der Waals surface area contributed by atoms with Gasteiger partial charge in [0.05, 0.1) is 41.5 Å². The predicted molar refractivity (Wildman–Crippen MR) is 215 cm³/mol. The zero-order chi connectivity index (χ0) is 40.7. The van der Waals surface area contributed by atoms with Gasteiger partial charge in [0.1, 0.15) is 24.4 Å². The number of hydrogen-bond donors (Lipinski definition) is 0. The summed E-state index contributed by atoms with van der Waals surface area (Å²) in [6, 6.07) is 0.340. The van der Waals surface area contributed by atoms with E-state index >= 15 is 4.79 Å². The minimum absolute atomic E-state index is 0.0250. The molecular weight excluding hydrogens is 749 g/mol. The molecule has 0 radical (unpaired) electrons. The quantitative estimate of drug-likeness (QED) is 0.233. The fourth-order valence-corrected chi connectivity index (χ4v) is 12.5. The zero-order valence-corrected chi connectivity index (χ0v) is 36.7. The van der Waals surface area contributed by atoms with Crippen molar-refractivity contribution in [3.05, 3.63) is 27.2 Å². The van der Waals surface area contributed by atoms with E-state index in [-0.39, 0.29) is 96.8 Å². The highest BCUT2D eigenvalue weighted by Gasteiger charge is 2.57. The van der Waals surface area contributed by atoms with Crippen LogP contribution < -0.4 is 0 Å². The lowest BCUT2D eigenvalue weighted by molar-refractivity contribution is -0.314. The number of rotatable bonds is 10. The van der Waals surface area contributed by atoms with Crippen molar-refractivity contribution in [1.82, 2.24) is 9.88 Å². The Morgan fingerprint density at radius 3 is 2.33 bits per heavy atom. The topological polar surface area (TPSA) is 124 Å². The number of allylic oxidation sites excluding steroid dienone is 2. The molecule has 0 bridgehead atoms. The van der Waals surface area contributed by atoms with Gasteiger partial charge in [-0.3, -0.25) is 9.59 Å². The number of hydrogen-bond acceptors (Lipinski definition) is 13. The molecule has 320 valence electrons. The first-order valence-corrected chi connectivity index (χ1v) is 22.6. The van der Waals surface area contributed by atoms with Crippen LogP contribution in [0.25, 0.3) is 0 Å². The van der Waals surface area contributed by atoms with Gasteiger partial charge in [-0.15, -0.1) is 11.3 Å². The first-order valence-electron chi connectivity index (χ1n) is 21.7. The van der Waals surface area contributed by atoms with Gasteiger partial charge in [0.15, 0.2) is 18.4 Å². The molecule has 57 heavy (non-hydrogen) atoms. The van der Waals surface area contributed by atoms with E-state index in [0.29, 0.717) is 12.5 Å². The maximum absolute atomic E-state index is 15.0. The molecule has 0 aromatic carbocycles. The third-order valence-corrected chi connectivity index (χ3v) is 15.5. The SMILES string of the molecule is CC[C@H]1CCC[C@H](O[C@H]2CC[C@H](N(C)CC)C(C)O2)[C@@H](C)C(=O)C2=C[C@H]3[C@@H]4C[C@H](O[C@@H]5OC(C)[C@H](OC)C(OC)[C@@H]5OC)C[C@H]4c4sc(C)nc4[C@H]3[C@@H]2CC(=O)O1. The molecule has 3 unspecified atom stereocenters. The Hall–Kier alpha value is -1.81. The zero-order valence-electron chi connectivity index (χ0n) is 35.8. The highest BCUT2D eigenvalue weighted by atomic mass is 32.1. The van der Waals surface area contributed by atoms with Gasteiger partial charge in [-0.05, 0) is 103 Å². The van der Waals surface area contributed by atoms with E-state index in [1.807, 2.05) is 13.8 Å². The Kier molecular flexibility index (Phi) is 14.0. The van der Waals surface area contributed by atoms with Crippen molar-refractivity contribution >= 4 is 23.1 Å². The molecule has 3 aliphatic heterocycles. The summed E-state index contributed by atoms with van der Waals surface area (Å²) < 4.78 is 50.3. The number of thiazole rings is 1. The normalized spacial score (nSPS) is 42.6. The Balaban J connectivity index is 1.17.